The molecule has 1 aromatic carbocycles. The Labute approximate surface area is 120 Å². The zero-order valence-electron chi connectivity index (χ0n) is 11.8. The van der Waals surface area contributed by atoms with Crippen LogP contribution in [-0.2, 0) is 9.53 Å². The van der Waals surface area contributed by atoms with Gasteiger partial charge in [0.2, 0.25) is 5.75 Å². The molecule has 1 amide bonds. The summed E-state index contributed by atoms with van der Waals surface area (Å²) in [5.41, 5.74) is -0.861. The van der Waals surface area contributed by atoms with Gasteiger partial charge in [0.1, 0.15) is 6.04 Å². The number of hydrogen-bond acceptors (Lipinski definition) is 6. The van der Waals surface area contributed by atoms with E-state index in [1.165, 1.54) is 19.2 Å². The van der Waals surface area contributed by atoms with Gasteiger partial charge in [0, 0.05) is 6.07 Å². The van der Waals surface area contributed by atoms with Crippen molar-refractivity contribution in [2.45, 2.75) is 19.9 Å². The molecular formula is C13H16N2O6. The summed E-state index contributed by atoms with van der Waals surface area (Å²) in [5, 5.41) is 22.9. The molecule has 0 saturated carbocycles. The summed E-state index contributed by atoms with van der Waals surface area (Å²) in [7, 11) is 1.19. The van der Waals surface area contributed by atoms with Crippen molar-refractivity contribution >= 4 is 17.6 Å². The van der Waals surface area contributed by atoms with Crippen LogP contribution >= 0.6 is 0 Å². The van der Waals surface area contributed by atoms with Crippen molar-refractivity contribution in [2.75, 3.05) is 7.11 Å². The number of nitrogens with zero attached hydrogens (tertiary/aromatic N) is 1. The van der Waals surface area contributed by atoms with Crippen molar-refractivity contribution in [3.05, 3.63) is 33.9 Å². The number of para-hydroxylation sites is 1. The van der Waals surface area contributed by atoms with E-state index in [9.17, 15) is 24.8 Å². The van der Waals surface area contributed by atoms with Crippen LogP contribution in [0.1, 0.15) is 24.2 Å². The van der Waals surface area contributed by atoms with Crippen molar-refractivity contribution in [2.24, 2.45) is 5.92 Å². The van der Waals surface area contributed by atoms with E-state index in [1.807, 2.05) is 0 Å². The zero-order chi connectivity index (χ0) is 16.2. The number of esters is 1. The molecule has 114 valence electrons. The molecule has 0 radical (unpaired) electrons. The van der Waals surface area contributed by atoms with Gasteiger partial charge < -0.3 is 15.2 Å². The highest BCUT2D eigenvalue weighted by Gasteiger charge is 2.28. The number of phenolic OH excluding ortho intramolecular Hbond substituents is 1. The Balaban J connectivity index is 3.06. The third-order valence-corrected chi connectivity index (χ3v) is 2.86. The van der Waals surface area contributed by atoms with Crippen LogP contribution in [0.3, 0.4) is 0 Å². The fourth-order valence-electron chi connectivity index (χ4n) is 1.71. The maximum Gasteiger partial charge on any atom is 0.328 e. The number of carbonyl (C=O) groups is 2. The first-order valence-electron chi connectivity index (χ1n) is 6.14. The zero-order valence-corrected chi connectivity index (χ0v) is 11.8. The average molecular weight is 296 g/mol. The molecule has 8 heteroatoms. The molecule has 1 atom stereocenters. The molecule has 0 fully saturated rings. The first-order valence-corrected chi connectivity index (χ1v) is 6.14. The Morgan fingerprint density at radius 2 is 2.00 bits per heavy atom. The number of benzene rings is 1. The highest BCUT2D eigenvalue weighted by Crippen LogP contribution is 2.29. The SMILES string of the molecule is COC(=O)C(NC(=O)c1cccc([N+](=O)[O-])c1O)C(C)C. The van der Waals surface area contributed by atoms with Crippen molar-refractivity contribution in [3.63, 3.8) is 0 Å². The highest BCUT2D eigenvalue weighted by atomic mass is 16.6. The number of rotatable bonds is 5. The molecule has 1 rings (SSSR count). The number of nitro groups is 1. The van der Waals surface area contributed by atoms with Crippen molar-refractivity contribution in [3.8, 4) is 5.75 Å². The monoisotopic (exact) mass is 296 g/mol. The summed E-state index contributed by atoms with van der Waals surface area (Å²) in [6, 6.07) is 2.66. The minimum Gasteiger partial charge on any atom is -0.502 e. The number of aromatic hydroxyl groups is 1. The van der Waals surface area contributed by atoms with Gasteiger partial charge in [0.15, 0.2) is 0 Å². The molecule has 0 spiro atoms. The lowest BCUT2D eigenvalue weighted by Crippen LogP contribution is -2.45. The summed E-state index contributed by atoms with van der Waals surface area (Å²) in [6.45, 7) is 3.41. The lowest BCUT2D eigenvalue weighted by molar-refractivity contribution is -0.385. The third kappa shape index (κ3) is 3.68. The minimum absolute atomic E-state index is 0.248. The smallest absolute Gasteiger partial charge is 0.328 e. The van der Waals surface area contributed by atoms with Crippen LogP contribution in [0.4, 0.5) is 5.69 Å². The number of methoxy groups -OCH3 is 1. The van der Waals surface area contributed by atoms with Crippen molar-refractivity contribution < 1.29 is 24.4 Å². The van der Waals surface area contributed by atoms with Crippen LogP contribution in [0.25, 0.3) is 0 Å². The van der Waals surface area contributed by atoms with Gasteiger partial charge >= 0.3 is 11.7 Å². The molecule has 0 aliphatic carbocycles. The van der Waals surface area contributed by atoms with Gasteiger partial charge in [-0.15, -0.1) is 0 Å². The van der Waals surface area contributed by atoms with E-state index in [-0.39, 0.29) is 11.5 Å². The largest absolute Gasteiger partial charge is 0.502 e. The van der Waals surface area contributed by atoms with Gasteiger partial charge in [0.25, 0.3) is 5.91 Å². The summed E-state index contributed by atoms with van der Waals surface area (Å²) >= 11 is 0. The second-order valence-electron chi connectivity index (χ2n) is 4.65. The number of hydrogen-bond donors (Lipinski definition) is 2. The molecule has 0 saturated heterocycles. The molecule has 21 heavy (non-hydrogen) atoms. The van der Waals surface area contributed by atoms with Gasteiger partial charge in [-0.2, -0.15) is 0 Å². The fraction of sp³-hybridized carbons (Fsp3) is 0.385. The highest BCUT2D eigenvalue weighted by molar-refractivity contribution is 6.00. The van der Waals surface area contributed by atoms with Crippen LogP contribution in [-0.4, -0.2) is 35.1 Å². The van der Waals surface area contributed by atoms with Crippen molar-refractivity contribution in [1.29, 1.82) is 0 Å². The molecular weight excluding hydrogens is 280 g/mol. The Morgan fingerprint density at radius 3 is 2.48 bits per heavy atom. The predicted octanol–water partition coefficient (Wildman–Crippen LogP) is 1.23. The Bertz CT molecular complexity index is 570. The molecule has 8 nitrogen and oxygen atoms in total. The Morgan fingerprint density at radius 1 is 1.38 bits per heavy atom. The lowest BCUT2D eigenvalue weighted by Gasteiger charge is -2.19. The minimum atomic E-state index is -0.916. The third-order valence-electron chi connectivity index (χ3n) is 2.86. The lowest BCUT2D eigenvalue weighted by atomic mass is 10.0. The van der Waals surface area contributed by atoms with E-state index in [1.54, 1.807) is 13.8 Å². The van der Waals surface area contributed by atoms with Gasteiger partial charge in [-0.05, 0) is 12.0 Å². The molecule has 0 heterocycles. The normalized spacial score (nSPS) is 11.8. The summed E-state index contributed by atoms with van der Waals surface area (Å²) in [4.78, 5) is 33.6. The maximum atomic E-state index is 12.1. The predicted molar refractivity (Wildman–Crippen MR) is 72.9 cm³/mol. The Hall–Kier alpha value is -2.64. The number of phenols is 1. The second kappa shape index (κ2) is 6.69. The second-order valence-corrected chi connectivity index (χ2v) is 4.65. The average Bonchev–Trinajstić information content (AvgIpc) is 2.43. The van der Waals surface area contributed by atoms with Crippen LogP contribution in [0, 0.1) is 16.0 Å². The molecule has 0 aliphatic rings. The molecule has 1 unspecified atom stereocenters. The summed E-state index contributed by atoms with van der Waals surface area (Å²) in [5.74, 6) is -2.42. The maximum absolute atomic E-state index is 12.1. The molecule has 0 aromatic heterocycles. The molecule has 2 N–H and O–H groups in total. The van der Waals surface area contributed by atoms with E-state index in [0.29, 0.717) is 0 Å². The number of nitrogens with one attached hydrogen (secondary N) is 1. The van der Waals surface area contributed by atoms with Gasteiger partial charge in [-0.25, -0.2) is 4.79 Å². The van der Waals surface area contributed by atoms with Crippen LogP contribution < -0.4 is 5.32 Å². The Kier molecular flexibility index (Phi) is 5.23. The quantitative estimate of drug-likeness (QED) is 0.479. The van der Waals surface area contributed by atoms with Gasteiger partial charge in [0.05, 0.1) is 17.6 Å². The number of carbonyl (C=O) groups excluding carboxylic acids is 2. The summed E-state index contributed by atoms with van der Waals surface area (Å²) in [6.07, 6.45) is 0. The van der Waals surface area contributed by atoms with E-state index in [4.69, 9.17) is 0 Å². The first-order chi connectivity index (χ1) is 9.79. The fourth-order valence-corrected chi connectivity index (χ4v) is 1.71. The van der Waals surface area contributed by atoms with Crippen molar-refractivity contribution in [1.82, 2.24) is 5.32 Å². The van der Waals surface area contributed by atoms with Crippen LogP contribution in [0.2, 0.25) is 0 Å². The topological polar surface area (TPSA) is 119 Å². The van der Waals surface area contributed by atoms with Crippen LogP contribution in [0.15, 0.2) is 18.2 Å². The number of amides is 1. The van der Waals surface area contributed by atoms with Gasteiger partial charge in [-0.1, -0.05) is 19.9 Å². The summed E-state index contributed by atoms with van der Waals surface area (Å²) < 4.78 is 4.58. The first kappa shape index (κ1) is 16.4. The van der Waals surface area contributed by atoms with Crippen LogP contribution in [0.5, 0.6) is 5.75 Å². The van der Waals surface area contributed by atoms with Gasteiger partial charge in [-0.3, -0.25) is 14.9 Å². The van der Waals surface area contributed by atoms with E-state index in [2.05, 4.69) is 10.1 Å². The molecule has 0 bridgehead atoms. The molecule has 1 aromatic rings. The van der Waals surface area contributed by atoms with E-state index < -0.39 is 34.3 Å². The number of nitro benzene ring substituents is 1. The molecule has 0 aliphatic heterocycles. The van der Waals surface area contributed by atoms with E-state index in [0.717, 1.165) is 6.07 Å². The standard InChI is InChI=1S/C13H16N2O6/c1-7(2)10(13(18)21-3)14-12(17)8-5-4-6-9(11(8)16)15(19)20/h4-7,10,16H,1-3H3,(H,14,17). The van der Waals surface area contributed by atoms with E-state index >= 15 is 0 Å². The number of ether oxygens (including phenoxy) is 1.